The van der Waals surface area contributed by atoms with Crippen molar-refractivity contribution in [2.75, 3.05) is 7.05 Å². The van der Waals surface area contributed by atoms with Gasteiger partial charge in [-0.1, -0.05) is 23.7 Å². The maximum absolute atomic E-state index is 12.7. The Morgan fingerprint density at radius 1 is 1.40 bits per heavy atom. The summed E-state index contributed by atoms with van der Waals surface area (Å²) < 4.78 is 0. The lowest BCUT2D eigenvalue weighted by atomic mass is 9.94. The van der Waals surface area contributed by atoms with Gasteiger partial charge in [-0.2, -0.15) is 5.10 Å². The number of rotatable bonds is 4. The maximum atomic E-state index is 12.7. The second-order valence-corrected chi connectivity index (χ2v) is 5.62. The van der Waals surface area contributed by atoms with Crippen LogP contribution in [0.2, 0.25) is 5.02 Å². The van der Waals surface area contributed by atoms with E-state index in [1.807, 2.05) is 24.3 Å². The summed E-state index contributed by atoms with van der Waals surface area (Å²) in [4.78, 5) is 18.4. The van der Waals surface area contributed by atoms with E-state index in [1.54, 1.807) is 11.9 Å². The number of hydrogen-bond acceptors (Lipinski definition) is 3. The summed E-state index contributed by atoms with van der Waals surface area (Å²) in [5.41, 5.74) is 0.663. The van der Waals surface area contributed by atoms with Crippen LogP contribution >= 0.6 is 11.6 Å². The molecule has 5 nitrogen and oxygen atoms in total. The molecule has 1 amide bonds. The number of nitrogens with one attached hydrogen (secondary N) is 1. The van der Waals surface area contributed by atoms with E-state index in [9.17, 15) is 4.79 Å². The molecule has 1 N–H and O–H groups in total. The van der Waals surface area contributed by atoms with Crippen LogP contribution in [0.15, 0.2) is 30.6 Å². The van der Waals surface area contributed by atoms with E-state index >= 15 is 0 Å². The van der Waals surface area contributed by atoms with Gasteiger partial charge in [-0.3, -0.25) is 9.89 Å². The molecule has 1 heterocycles. The third-order valence-corrected chi connectivity index (χ3v) is 4.01. The van der Waals surface area contributed by atoms with Gasteiger partial charge in [-0.15, -0.1) is 0 Å². The molecule has 104 valence electrons. The molecule has 20 heavy (non-hydrogen) atoms. The van der Waals surface area contributed by atoms with Gasteiger partial charge in [0.1, 0.15) is 12.2 Å². The lowest BCUT2D eigenvalue weighted by Gasteiger charge is -2.23. The second-order valence-electron chi connectivity index (χ2n) is 5.18. The first-order chi connectivity index (χ1) is 9.62. The highest BCUT2D eigenvalue weighted by Gasteiger charge is 2.52. The summed E-state index contributed by atoms with van der Waals surface area (Å²) in [6.45, 7) is 0.439. The third-order valence-electron chi connectivity index (χ3n) is 3.75. The minimum absolute atomic E-state index is 0.122. The molecule has 0 bridgehead atoms. The van der Waals surface area contributed by atoms with Crippen molar-refractivity contribution in [3.63, 3.8) is 0 Å². The number of carbonyl (C=O) groups is 1. The predicted octanol–water partition coefficient (Wildman–Crippen LogP) is 2.15. The van der Waals surface area contributed by atoms with Crippen LogP contribution in [0, 0.1) is 0 Å². The van der Waals surface area contributed by atoms with Gasteiger partial charge < -0.3 is 4.90 Å². The maximum Gasteiger partial charge on any atom is 0.233 e. The van der Waals surface area contributed by atoms with Crippen molar-refractivity contribution in [3.8, 4) is 0 Å². The molecule has 1 fully saturated rings. The van der Waals surface area contributed by atoms with Crippen LogP contribution in [0.1, 0.15) is 24.2 Å². The van der Waals surface area contributed by atoms with Gasteiger partial charge in [0, 0.05) is 12.1 Å². The van der Waals surface area contributed by atoms with Crippen LogP contribution in [0.5, 0.6) is 0 Å². The zero-order valence-electron chi connectivity index (χ0n) is 11.1. The Morgan fingerprint density at radius 3 is 2.65 bits per heavy atom. The Kier molecular flexibility index (Phi) is 3.22. The third kappa shape index (κ3) is 2.29. The molecule has 0 aliphatic heterocycles. The average Bonchev–Trinajstić information content (AvgIpc) is 3.10. The smallest absolute Gasteiger partial charge is 0.233 e. The number of nitrogens with zero attached hydrogens (tertiary/aromatic N) is 3. The van der Waals surface area contributed by atoms with Gasteiger partial charge in [0.2, 0.25) is 5.91 Å². The second kappa shape index (κ2) is 4.90. The van der Waals surface area contributed by atoms with Crippen molar-refractivity contribution in [2.24, 2.45) is 0 Å². The fourth-order valence-corrected chi connectivity index (χ4v) is 2.61. The standard InChI is InChI=1S/C14H15ClN4O/c1-19(8-12-16-9-17-18-12)13(20)14(6-7-14)10-2-4-11(15)5-3-10/h2-5,9H,6-8H2,1H3,(H,16,17,18). The number of halogens is 1. The zero-order chi connectivity index (χ0) is 14.2. The summed E-state index contributed by atoms with van der Waals surface area (Å²) in [6.07, 6.45) is 3.21. The Morgan fingerprint density at radius 2 is 2.10 bits per heavy atom. The highest BCUT2D eigenvalue weighted by atomic mass is 35.5. The van der Waals surface area contributed by atoms with Crippen LogP contribution in [-0.2, 0) is 16.8 Å². The molecule has 1 aliphatic rings. The van der Waals surface area contributed by atoms with E-state index < -0.39 is 0 Å². The Labute approximate surface area is 122 Å². The van der Waals surface area contributed by atoms with Crippen molar-refractivity contribution in [1.29, 1.82) is 0 Å². The highest BCUT2D eigenvalue weighted by molar-refractivity contribution is 6.30. The summed E-state index contributed by atoms with van der Waals surface area (Å²) in [6, 6.07) is 7.55. The number of H-pyrrole nitrogens is 1. The molecule has 0 atom stereocenters. The molecule has 1 aromatic heterocycles. The molecule has 3 rings (SSSR count). The highest BCUT2D eigenvalue weighted by Crippen LogP contribution is 2.49. The number of aromatic amines is 1. The first-order valence-corrected chi connectivity index (χ1v) is 6.85. The van der Waals surface area contributed by atoms with E-state index in [4.69, 9.17) is 11.6 Å². The summed E-state index contributed by atoms with van der Waals surface area (Å²) in [5, 5.41) is 7.25. The number of hydrogen-bond donors (Lipinski definition) is 1. The van der Waals surface area contributed by atoms with E-state index in [2.05, 4.69) is 15.2 Å². The normalized spacial score (nSPS) is 15.9. The topological polar surface area (TPSA) is 61.9 Å². The van der Waals surface area contributed by atoms with Crippen molar-refractivity contribution < 1.29 is 4.79 Å². The monoisotopic (exact) mass is 290 g/mol. The molecular weight excluding hydrogens is 276 g/mol. The molecule has 2 aromatic rings. The predicted molar refractivity (Wildman–Crippen MR) is 75.2 cm³/mol. The average molecular weight is 291 g/mol. The number of carbonyl (C=O) groups excluding carboxylic acids is 1. The fourth-order valence-electron chi connectivity index (χ4n) is 2.49. The van der Waals surface area contributed by atoms with E-state index in [1.165, 1.54) is 6.33 Å². The first-order valence-electron chi connectivity index (χ1n) is 6.48. The van der Waals surface area contributed by atoms with E-state index in [-0.39, 0.29) is 11.3 Å². The first kappa shape index (κ1) is 13.1. The Balaban J connectivity index is 1.77. The quantitative estimate of drug-likeness (QED) is 0.938. The number of likely N-dealkylation sites (N-methyl/N-ethyl adjacent to an activating group) is 1. The molecule has 1 aromatic carbocycles. The SMILES string of the molecule is CN(Cc1ncn[nH]1)C(=O)C1(c2ccc(Cl)cc2)CC1. The lowest BCUT2D eigenvalue weighted by molar-refractivity contribution is -0.133. The Hall–Kier alpha value is -1.88. The van der Waals surface area contributed by atoms with Crippen LogP contribution in [0.3, 0.4) is 0 Å². The summed E-state index contributed by atoms with van der Waals surface area (Å²) in [5.74, 6) is 0.809. The molecule has 0 spiro atoms. The minimum atomic E-state index is -0.376. The summed E-state index contributed by atoms with van der Waals surface area (Å²) in [7, 11) is 1.79. The van der Waals surface area contributed by atoms with E-state index in [0.29, 0.717) is 17.4 Å². The number of aromatic nitrogens is 3. The molecule has 0 radical (unpaired) electrons. The van der Waals surface area contributed by atoms with Gasteiger partial charge >= 0.3 is 0 Å². The largest absolute Gasteiger partial charge is 0.337 e. The van der Waals surface area contributed by atoms with Crippen LogP contribution in [-0.4, -0.2) is 33.0 Å². The number of amides is 1. The molecule has 6 heteroatoms. The van der Waals surface area contributed by atoms with Crippen LogP contribution in [0.4, 0.5) is 0 Å². The van der Waals surface area contributed by atoms with Gasteiger partial charge in [0.15, 0.2) is 0 Å². The van der Waals surface area contributed by atoms with Gasteiger partial charge in [0.25, 0.3) is 0 Å². The van der Waals surface area contributed by atoms with Crippen molar-refractivity contribution in [3.05, 3.63) is 47.0 Å². The Bertz CT molecular complexity index is 605. The molecular formula is C14H15ClN4O. The van der Waals surface area contributed by atoms with Gasteiger partial charge in [-0.25, -0.2) is 4.98 Å². The molecule has 1 saturated carbocycles. The zero-order valence-corrected chi connectivity index (χ0v) is 11.9. The van der Waals surface area contributed by atoms with Crippen LogP contribution in [0.25, 0.3) is 0 Å². The van der Waals surface area contributed by atoms with Gasteiger partial charge in [-0.05, 0) is 30.5 Å². The van der Waals surface area contributed by atoms with E-state index in [0.717, 1.165) is 18.4 Å². The fraction of sp³-hybridized carbons (Fsp3) is 0.357. The van der Waals surface area contributed by atoms with Crippen molar-refractivity contribution in [2.45, 2.75) is 24.8 Å². The number of benzene rings is 1. The lowest BCUT2D eigenvalue weighted by Crippen LogP contribution is -2.36. The van der Waals surface area contributed by atoms with Crippen molar-refractivity contribution in [1.82, 2.24) is 20.1 Å². The van der Waals surface area contributed by atoms with Crippen molar-refractivity contribution >= 4 is 17.5 Å². The molecule has 1 aliphatic carbocycles. The van der Waals surface area contributed by atoms with Gasteiger partial charge in [0.05, 0.1) is 12.0 Å². The summed E-state index contributed by atoms with van der Waals surface area (Å²) >= 11 is 5.90. The molecule has 0 unspecified atom stereocenters. The minimum Gasteiger partial charge on any atom is -0.337 e. The van der Waals surface area contributed by atoms with Crippen LogP contribution < -0.4 is 0 Å². The molecule has 0 saturated heterocycles.